The first-order valence-corrected chi connectivity index (χ1v) is 13.2. The van der Waals surface area contributed by atoms with Crippen molar-refractivity contribution in [3.63, 3.8) is 0 Å². The fourth-order valence-electron chi connectivity index (χ4n) is 4.46. The van der Waals surface area contributed by atoms with Gasteiger partial charge in [0.05, 0.1) is 37.0 Å². The highest BCUT2D eigenvalue weighted by molar-refractivity contribution is 7.22. The smallest absolute Gasteiger partial charge is 0.233 e. The van der Waals surface area contributed by atoms with Crippen molar-refractivity contribution in [2.24, 2.45) is 0 Å². The summed E-state index contributed by atoms with van der Waals surface area (Å²) >= 11 is 1.54. The molecule has 1 amide bonds. The number of nitrogens with zero attached hydrogens (tertiary/aromatic N) is 3. The molecule has 0 unspecified atom stereocenters. The Balaban J connectivity index is 0.00000320. The summed E-state index contributed by atoms with van der Waals surface area (Å²) in [5.74, 6) is 0.858. The maximum atomic E-state index is 13.6. The number of rotatable bonds is 9. The highest BCUT2D eigenvalue weighted by Gasteiger charge is 2.21. The molecule has 8 heteroatoms. The third kappa shape index (κ3) is 6.87. The van der Waals surface area contributed by atoms with Crippen molar-refractivity contribution in [2.45, 2.75) is 12.8 Å². The maximum absolute atomic E-state index is 13.6. The van der Waals surface area contributed by atoms with Crippen LogP contribution in [-0.4, -0.2) is 62.3 Å². The van der Waals surface area contributed by atoms with Crippen LogP contribution in [0.15, 0.2) is 72.8 Å². The van der Waals surface area contributed by atoms with Gasteiger partial charge in [-0.25, -0.2) is 4.98 Å². The Morgan fingerprint density at radius 1 is 1.03 bits per heavy atom. The number of fused-ring (bicyclic) bond motifs is 1. The minimum absolute atomic E-state index is 0. The van der Waals surface area contributed by atoms with E-state index in [2.05, 4.69) is 41.3 Å². The van der Waals surface area contributed by atoms with Crippen LogP contribution in [0, 0.1) is 0 Å². The lowest BCUT2D eigenvalue weighted by Crippen LogP contribution is -2.39. The van der Waals surface area contributed by atoms with E-state index in [1.165, 1.54) is 16.9 Å². The largest absolute Gasteiger partial charge is 0.497 e. The molecule has 0 radical (unpaired) electrons. The quantitative estimate of drug-likeness (QED) is 0.274. The zero-order valence-electron chi connectivity index (χ0n) is 21.0. The first kappa shape index (κ1) is 27.1. The Morgan fingerprint density at radius 3 is 2.49 bits per heavy atom. The second-order valence-electron chi connectivity index (χ2n) is 8.92. The van der Waals surface area contributed by atoms with Gasteiger partial charge in [0.2, 0.25) is 5.91 Å². The van der Waals surface area contributed by atoms with Gasteiger partial charge in [0, 0.05) is 26.2 Å². The molecule has 0 saturated carbocycles. The predicted octanol–water partition coefficient (Wildman–Crippen LogP) is 5.69. The van der Waals surface area contributed by atoms with E-state index < -0.39 is 0 Å². The van der Waals surface area contributed by atoms with E-state index in [4.69, 9.17) is 14.5 Å². The molecular weight excluding hydrogens is 506 g/mol. The normalized spacial score (nSPS) is 13.8. The molecule has 5 rings (SSSR count). The van der Waals surface area contributed by atoms with Gasteiger partial charge >= 0.3 is 0 Å². The molecule has 1 aliphatic heterocycles. The number of benzene rings is 3. The van der Waals surface area contributed by atoms with Crippen LogP contribution in [0.1, 0.15) is 12.0 Å². The summed E-state index contributed by atoms with van der Waals surface area (Å²) in [5.41, 5.74) is 4.20. The fraction of sp³-hybridized carbons (Fsp3) is 0.310. The Morgan fingerprint density at radius 2 is 1.76 bits per heavy atom. The number of hydrogen-bond donors (Lipinski definition) is 0. The van der Waals surface area contributed by atoms with Crippen LogP contribution in [0.5, 0.6) is 5.75 Å². The molecule has 1 fully saturated rings. The van der Waals surface area contributed by atoms with Gasteiger partial charge in [-0.3, -0.25) is 14.6 Å². The van der Waals surface area contributed by atoms with E-state index in [1.54, 1.807) is 7.11 Å². The molecule has 6 nitrogen and oxygen atoms in total. The molecule has 0 spiro atoms. The molecule has 1 saturated heterocycles. The molecule has 4 aromatic rings. The second-order valence-corrected chi connectivity index (χ2v) is 9.93. The Labute approximate surface area is 228 Å². The summed E-state index contributed by atoms with van der Waals surface area (Å²) in [5, 5.41) is 0.742. The fourth-order valence-corrected chi connectivity index (χ4v) is 5.49. The summed E-state index contributed by atoms with van der Waals surface area (Å²) in [6.45, 7) is 5.03. The Kier molecular flexibility index (Phi) is 9.52. The van der Waals surface area contributed by atoms with Gasteiger partial charge in [-0.15, -0.1) is 12.4 Å². The first-order valence-electron chi connectivity index (χ1n) is 12.4. The Hall–Kier alpha value is -2.97. The lowest BCUT2D eigenvalue weighted by atomic mass is 10.0. The van der Waals surface area contributed by atoms with Crippen molar-refractivity contribution in [1.82, 2.24) is 9.88 Å². The SMILES string of the molecule is COc1ccc2nc(N(CCCN3CCOCC3)C(=O)Cc3ccc(-c4ccccc4)cc3)sc2c1.Cl. The van der Waals surface area contributed by atoms with E-state index in [9.17, 15) is 4.79 Å². The lowest BCUT2D eigenvalue weighted by Gasteiger charge is -2.27. The van der Waals surface area contributed by atoms with Gasteiger partial charge in [-0.2, -0.15) is 0 Å². The minimum atomic E-state index is 0. The molecule has 194 valence electrons. The third-order valence-electron chi connectivity index (χ3n) is 6.49. The van der Waals surface area contributed by atoms with Gasteiger partial charge in [0.25, 0.3) is 0 Å². The molecule has 2 heterocycles. The minimum Gasteiger partial charge on any atom is -0.497 e. The first-order chi connectivity index (χ1) is 17.7. The second kappa shape index (κ2) is 13.0. The van der Waals surface area contributed by atoms with Crippen LogP contribution in [0.3, 0.4) is 0 Å². The molecule has 0 N–H and O–H groups in total. The molecule has 1 aromatic heterocycles. The van der Waals surface area contributed by atoms with Crippen LogP contribution >= 0.6 is 23.7 Å². The number of anilines is 1. The van der Waals surface area contributed by atoms with Gasteiger partial charge < -0.3 is 9.47 Å². The van der Waals surface area contributed by atoms with E-state index in [-0.39, 0.29) is 18.3 Å². The summed E-state index contributed by atoms with van der Waals surface area (Å²) in [7, 11) is 1.66. The molecule has 0 bridgehead atoms. The van der Waals surface area contributed by atoms with Crippen LogP contribution in [-0.2, 0) is 16.0 Å². The standard InChI is InChI=1S/C29H31N3O3S.ClH/c1-34-25-12-13-26-27(21-25)36-29(30-26)32(15-5-14-31-16-18-35-19-17-31)28(33)20-22-8-10-24(11-9-22)23-6-3-2-4-7-23;/h2-4,6-13,21H,5,14-20H2,1H3;1H. The van der Waals surface area contributed by atoms with Crippen LogP contribution < -0.4 is 9.64 Å². The van der Waals surface area contributed by atoms with Gasteiger partial charge in [-0.1, -0.05) is 65.9 Å². The zero-order chi connectivity index (χ0) is 24.7. The van der Waals surface area contributed by atoms with Crippen molar-refractivity contribution in [2.75, 3.05) is 51.4 Å². The van der Waals surface area contributed by atoms with Gasteiger partial charge in [-0.05, 0) is 41.3 Å². The van der Waals surface area contributed by atoms with E-state index in [0.29, 0.717) is 13.0 Å². The number of morpholine rings is 1. The molecule has 1 aliphatic rings. The van der Waals surface area contributed by atoms with Crippen molar-refractivity contribution in [1.29, 1.82) is 0 Å². The summed E-state index contributed by atoms with van der Waals surface area (Å²) in [4.78, 5) is 22.7. The molecule has 3 aromatic carbocycles. The molecule has 0 atom stereocenters. The Bertz CT molecular complexity index is 1290. The van der Waals surface area contributed by atoms with Gasteiger partial charge in [0.1, 0.15) is 5.75 Å². The van der Waals surface area contributed by atoms with E-state index in [1.807, 2.05) is 41.3 Å². The molecule has 37 heavy (non-hydrogen) atoms. The number of aromatic nitrogens is 1. The summed E-state index contributed by atoms with van der Waals surface area (Å²) in [6.07, 6.45) is 1.23. The van der Waals surface area contributed by atoms with Crippen LogP contribution in [0.25, 0.3) is 21.3 Å². The van der Waals surface area contributed by atoms with Crippen molar-refractivity contribution in [3.8, 4) is 16.9 Å². The third-order valence-corrected chi connectivity index (χ3v) is 7.53. The highest BCUT2D eigenvalue weighted by atomic mass is 35.5. The average Bonchev–Trinajstić information content (AvgIpc) is 3.35. The number of carbonyl (C=O) groups is 1. The van der Waals surface area contributed by atoms with Gasteiger partial charge in [0.15, 0.2) is 5.13 Å². The zero-order valence-corrected chi connectivity index (χ0v) is 22.6. The monoisotopic (exact) mass is 537 g/mol. The van der Waals surface area contributed by atoms with Crippen molar-refractivity contribution >= 4 is 45.0 Å². The van der Waals surface area contributed by atoms with Crippen LogP contribution in [0.4, 0.5) is 5.13 Å². The topological polar surface area (TPSA) is 54.9 Å². The summed E-state index contributed by atoms with van der Waals surface area (Å²) in [6, 6.07) is 24.4. The molecular formula is C29H32ClN3O3S. The number of amides is 1. The summed E-state index contributed by atoms with van der Waals surface area (Å²) < 4.78 is 11.9. The molecule has 0 aliphatic carbocycles. The van der Waals surface area contributed by atoms with Crippen molar-refractivity contribution in [3.05, 3.63) is 78.4 Å². The predicted molar refractivity (Wildman–Crippen MR) is 153 cm³/mol. The number of ether oxygens (including phenoxy) is 2. The van der Waals surface area contributed by atoms with E-state index >= 15 is 0 Å². The number of carbonyl (C=O) groups excluding carboxylic acids is 1. The van der Waals surface area contributed by atoms with Crippen molar-refractivity contribution < 1.29 is 14.3 Å². The number of thiazole rings is 1. The highest BCUT2D eigenvalue weighted by Crippen LogP contribution is 2.32. The lowest BCUT2D eigenvalue weighted by molar-refractivity contribution is -0.118. The number of methoxy groups -OCH3 is 1. The average molecular weight is 538 g/mol. The van der Waals surface area contributed by atoms with Crippen LogP contribution in [0.2, 0.25) is 0 Å². The number of hydrogen-bond acceptors (Lipinski definition) is 6. The van der Waals surface area contributed by atoms with E-state index in [0.717, 1.165) is 71.5 Å². The maximum Gasteiger partial charge on any atom is 0.233 e. The number of halogens is 1.